The Morgan fingerprint density at radius 2 is 2.36 bits per heavy atom. The minimum Gasteiger partial charge on any atom is -0.458 e. The third-order valence-electron chi connectivity index (χ3n) is 2.42. The zero-order chi connectivity index (χ0) is 10.8. The molecule has 0 aliphatic heterocycles. The van der Waals surface area contributed by atoms with Crippen LogP contribution < -0.4 is 0 Å². The quantitative estimate of drug-likeness (QED) is 0.632. The van der Waals surface area contributed by atoms with Gasteiger partial charge in [-0.2, -0.15) is 0 Å². The van der Waals surface area contributed by atoms with Gasteiger partial charge in [0.1, 0.15) is 6.10 Å². The Hall–Kier alpha value is -1.05. The van der Waals surface area contributed by atoms with Gasteiger partial charge in [-0.25, -0.2) is 0 Å². The van der Waals surface area contributed by atoms with Crippen LogP contribution >= 0.6 is 0 Å². The molecular formula is C12H18O2. The van der Waals surface area contributed by atoms with Crippen LogP contribution in [0.25, 0.3) is 0 Å². The summed E-state index contributed by atoms with van der Waals surface area (Å²) in [6.45, 7) is 9.56. The van der Waals surface area contributed by atoms with Crippen molar-refractivity contribution < 1.29 is 9.53 Å². The fourth-order valence-electron chi connectivity index (χ4n) is 1.96. The van der Waals surface area contributed by atoms with Crippen LogP contribution in [0.5, 0.6) is 0 Å². The third kappa shape index (κ3) is 3.02. The molecule has 0 radical (unpaired) electrons. The largest absolute Gasteiger partial charge is 0.458 e. The van der Waals surface area contributed by atoms with Gasteiger partial charge in [-0.3, -0.25) is 4.79 Å². The monoisotopic (exact) mass is 194 g/mol. The fourth-order valence-corrected chi connectivity index (χ4v) is 1.96. The van der Waals surface area contributed by atoms with E-state index < -0.39 is 0 Å². The van der Waals surface area contributed by atoms with Gasteiger partial charge >= 0.3 is 5.97 Å². The molecular weight excluding hydrogens is 176 g/mol. The summed E-state index contributed by atoms with van der Waals surface area (Å²) in [6.07, 6.45) is 5.67. The maximum atomic E-state index is 10.8. The zero-order valence-corrected chi connectivity index (χ0v) is 9.17. The summed E-state index contributed by atoms with van der Waals surface area (Å²) < 4.78 is 5.20. The van der Waals surface area contributed by atoms with Gasteiger partial charge in [0, 0.05) is 6.92 Å². The highest BCUT2D eigenvalue weighted by molar-refractivity contribution is 5.66. The van der Waals surface area contributed by atoms with E-state index in [1.165, 1.54) is 12.5 Å². The normalized spacial score (nSPS) is 25.1. The summed E-state index contributed by atoms with van der Waals surface area (Å²) in [6, 6.07) is 0. The van der Waals surface area contributed by atoms with Crippen molar-refractivity contribution in [3.8, 4) is 0 Å². The molecule has 1 atom stereocenters. The minimum absolute atomic E-state index is 0.0794. The number of hydrogen-bond acceptors (Lipinski definition) is 2. The van der Waals surface area contributed by atoms with Gasteiger partial charge in [0.05, 0.1) is 0 Å². The first-order chi connectivity index (χ1) is 6.43. The van der Waals surface area contributed by atoms with Crippen LogP contribution in [0.1, 0.15) is 33.6 Å². The Morgan fingerprint density at radius 3 is 2.86 bits per heavy atom. The molecule has 1 aliphatic carbocycles. The van der Waals surface area contributed by atoms with Gasteiger partial charge in [0.15, 0.2) is 0 Å². The Kier molecular flexibility index (Phi) is 3.14. The number of rotatable bonds is 2. The molecule has 0 amide bonds. The molecule has 0 saturated carbocycles. The lowest BCUT2D eigenvalue weighted by Gasteiger charge is -2.33. The van der Waals surface area contributed by atoms with E-state index >= 15 is 0 Å². The van der Waals surface area contributed by atoms with Crippen molar-refractivity contribution in [3.63, 3.8) is 0 Å². The molecule has 0 aromatic carbocycles. The van der Waals surface area contributed by atoms with Crippen molar-refractivity contribution >= 4 is 5.97 Å². The van der Waals surface area contributed by atoms with Gasteiger partial charge in [-0.1, -0.05) is 26.5 Å². The molecule has 1 rings (SSSR count). The number of ether oxygens (including phenoxy) is 1. The van der Waals surface area contributed by atoms with Crippen molar-refractivity contribution in [1.82, 2.24) is 0 Å². The average molecular weight is 194 g/mol. The fraction of sp³-hybridized carbons (Fsp3) is 0.583. The van der Waals surface area contributed by atoms with Gasteiger partial charge in [-0.15, -0.1) is 0 Å². The van der Waals surface area contributed by atoms with Crippen LogP contribution in [0.4, 0.5) is 0 Å². The molecule has 0 heterocycles. The standard InChI is InChI=1S/C12H18O2/c1-5-10-6-11(14-9(2)13)8-12(3,4)7-10/h5-6,11H,1,7-8H2,2-4H3. The van der Waals surface area contributed by atoms with Crippen molar-refractivity contribution in [2.75, 3.05) is 0 Å². The van der Waals surface area contributed by atoms with E-state index in [0.717, 1.165) is 12.8 Å². The molecule has 14 heavy (non-hydrogen) atoms. The summed E-state index contributed by atoms with van der Waals surface area (Å²) in [5, 5.41) is 0. The number of hydrogen-bond donors (Lipinski definition) is 0. The molecule has 0 aromatic heterocycles. The summed E-state index contributed by atoms with van der Waals surface area (Å²) in [7, 11) is 0. The molecule has 0 spiro atoms. The Labute approximate surface area is 85.6 Å². The second-order valence-corrected chi connectivity index (χ2v) is 4.64. The first-order valence-corrected chi connectivity index (χ1v) is 4.93. The number of carbonyl (C=O) groups is 1. The second-order valence-electron chi connectivity index (χ2n) is 4.64. The molecule has 1 aliphatic rings. The van der Waals surface area contributed by atoms with Crippen molar-refractivity contribution in [1.29, 1.82) is 0 Å². The van der Waals surface area contributed by atoms with Crippen LogP contribution in [0.15, 0.2) is 24.3 Å². The molecule has 2 heteroatoms. The molecule has 0 bridgehead atoms. The van der Waals surface area contributed by atoms with Crippen molar-refractivity contribution in [2.45, 2.75) is 39.7 Å². The Bertz CT molecular complexity index is 274. The third-order valence-corrected chi connectivity index (χ3v) is 2.42. The lowest BCUT2D eigenvalue weighted by atomic mass is 9.76. The summed E-state index contributed by atoms with van der Waals surface area (Å²) in [5.41, 5.74) is 1.37. The molecule has 0 saturated heterocycles. The number of carbonyl (C=O) groups excluding carboxylic acids is 1. The molecule has 1 unspecified atom stereocenters. The highest BCUT2D eigenvalue weighted by Gasteiger charge is 2.29. The highest BCUT2D eigenvalue weighted by atomic mass is 16.5. The Morgan fingerprint density at radius 1 is 1.71 bits per heavy atom. The van der Waals surface area contributed by atoms with E-state index in [-0.39, 0.29) is 17.5 Å². The zero-order valence-electron chi connectivity index (χ0n) is 9.17. The predicted molar refractivity (Wildman–Crippen MR) is 56.8 cm³/mol. The lowest BCUT2D eigenvalue weighted by molar-refractivity contribution is -0.145. The molecule has 2 nitrogen and oxygen atoms in total. The summed E-state index contributed by atoms with van der Waals surface area (Å²) in [4.78, 5) is 10.8. The molecule has 0 fully saturated rings. The molecule has 0 aromatic rings. The number of allylic oxidation sites excluding steroid dienone is 2. The average Bonchev–Trinajstić information content (AvgIpc) is 1.99. The Balaban J connectivity index is 2.77. The SMILES string of the molecule is C=CC1=CC(OC(C)=O)CC(C)(C)C1. The van der Waals surface area contributed by atoms with Crippen LogP contribution in [0, 0.1) is 5.41 Å². The second kappa shape index (κ2) is 3.99. The van der Waals surface area contributed by atoms with Crippen LogP contribution in [-0.4, -0.2) is 12.1 Å². The van der Waals surface area contributed by atoms with E-state index in [9.17, 15) is 4.79 Å². The van der Waals surface area contributed by atoms with E-state index in [0.29, 0.717) is 0 Å². The van der Waals surface area contributed by atoms with E-state index in [4.69, 9.17) is 4.74 Å². The van der Waals surface area contributed by atoms with E-state index in [1.54, 1.807) is 0 Å². The van der Waals surface area contributed by atoms with Crippen LogP contribution in [-0.2, 0) is 9.53 Å². The predicted octanol–water partition coefficient (Wildman–Crippen LogP) is 2.85. The topological polar surface area (TPSA) is 26.3 Å². The van der Waals surface area contributed by atoms with Crippen molar-refractivity contribution in [2.24, 2.45) is 5.41 Å². The van der Waals surface area contributed by atoms with Crippen molar-refractivity contribution in [3.05, 3.63) is 24.3 Å². The van der Waals surface area contributed by atoms with Gasteiger partial charge in [0.2, 0.25) is 0 Å². The minimum atomic E-state index is -0.215. The molecule has 0 N–H and O–H groups in total. The van der Waals surface area contributed by atoms with Crippen LogP contribution in [0.2, 0.25) is 0 Å². The van der Waals surface area contributed by atoms with E-state index in [1.807, 2.05) is 12.2 Å². The first kappa shape index (κ1) is 11.0. The summed E-state index contributed by atoms with van der Waals surface area (Å²) in [5.74, 6) is -0.215. The maximum absolute atomic E-state index is 10.8. The smallest absolute Gasteiger partial charge is 0.303 e. The van der Waals surface area contributed by atoms with Gasteiger partial charge in [-0.05, 0) is 29.9 Å². The molecule has 78 valence electrons. The van der Waals surface area contributed by atoms with Gasteiger partial charge < -0.3 is 4.74 Å². The summed E-state index contributed by atoms with van der Waals surface area (Å²) >= 11 is 0. The van der Waals surface area contributed by atoms with Crippen LogP contribution in [0.3, 0.4) is 0 Å². The maximum Gasteiger partial charge on any atom is 0.303 e. The highest BCUT2D eigenvalue weighted by Crippen LogP contribution is 2.36. The lowest BCUT2D eigenvalue weighted by Crippen LogP contribution is -2.27. The number of esters is 1. The van der Waals surface area contributed by atoms with E-state index in [2.05, 4.69) is 20.4 Å². The first-order valence-electron chi connectivity index (χ1n) is 4.93. The van der Waals surface area contributed by atoms with Gasteiger partial charge in [0.25, 0.3) is 0 Å².